The second kappa shape index (κ2) is 31.5. The van der Waals surface area contributed by atoms with Crippen LogP contribution in [0.2, 0.25) is 0 Å². The fourth-order valence-electron chi connectivity index (χ4n) is 5.52. The van der Waals surface area contributed by atoms with E-state index in [1.165, 1.54) is 0 Å². The lowest BCUT2D eigenvalue weighted by atomic mass is 9.87. The van der Waals surface area contributed by atoms with Crippen molar-refractivity contribution in [3.05, 3.63) is 72.9 Å². The average Bonchev–Trinajstić information content (AvgIpc) is 3.12. The predicted octanol–water partition coefficient (Wildman–Crippen LogP) is 7.61. The lowest BCUT2D eigenvalue weighted by Crippen LogP contribution is -2.43. The van der Waals surface area contributed by atoms with Crippen LogP contribution in [-0.2, 0) is 32.9 Å². The number of hydrogen-bond donors (Lipinski definition) is 5. The second-order valence-electron chi connectivity index (χ2n) is 13.4. The quantitative estimate of drug-likeness (QED) is 0.0208. The van der Waals surface area contributed by atoms with Crippen molar-refractivity contribution in [1.82, 2.24) is 0 Å². The number of aliphatic hydroxyl groups excluding tert-OH is 3. The summed E-state index contributed by atoms with van der Waals surface area (Å²) in [6, 6.07) is 0. The smallest absolute Gasteiger partial charge is 0.462 e. The van der Waals surface area contributed by atoms with Crippen molar-refractivity contribution in [2.45, 2.75) is 154 Å². The first-order valence-electron chi connectivity index (χ1n) is 19.6. The van der Waals surface area contributed by atoms with Gasteiger partial charge in [0.2, 0.25) is 0 Å². The van der Waals surface area contributed by atoms with Crippen molar-refractivity contribution < 1.29 is 58.0 Å². The largest absolute Gasteiger partial charge is 0.469 e. The number of ether oxygens (including phenoxy) is 3. The summed E-state index contributed by atoms with van der Waals surface area (Å²) in [5.41, 5.74) is 0. The van der Waals surface area contributed by atoms with E-state index in [-0.39, 0.29) is 25.2 Å². The summed E-state index contributed by atoms with van der Waals surface area (Å²) in [6.07, 6.45) is 31.1. The third-order valence-electron chi connectivity index (χ3n) is 8.50. The maximum Gasteiger partial charge on any atom is 0.469 e. The number of rotatable bonds is 30. The number of carbonyl (C=O) groups excluding carboxylic acids is 2. The number of phosphoric ester groups is 1. The highest BCUT2D eigenvalue weighted by Crippen LogP contribution is 2.36. The van der Waals surface area contributed by atoms with E-state index >= 15 is 0 Å². The first-order chi connectivity index (χ1) is 25.9. The molecule has 6 atom stereocenters. The van der Waals surface area contributed by atoms with Crippen LogP contribution < -0.4 is 0 Å². The molecule has 1 rings (SSSR count). The van der Waals surface area contributed by atoms with Crippen LogP contribution in [-0.4, -0.2) is 81.0 Å². The van der Waals surface area contributed by atoms with Gasteiger partial charge in [-0.1, -0.05) is 106 Å². The molecule has 0 aromatic heterocycles. The predicted molar refractivity (Wildman–Crippen MR) is 210 cm³/mol. The standard InChI is InChI=1S/C41H67O12P/c1-3-5-7-8-9-10-11-12-13-14-15-16-17-18-24-28-40(45)52-35(33-51-54(47,48)49)32-50-39(44)27-23-20-19-22-26-36-37(43)31-41(46)53-38(36)30-29-34(42)25-21-6-4-2/h5,7,9-10,12-13,15-16,19,22,29-30,34-38,41-43,46H,3-4,6,8,11,14,17-18,20-21,23-28,31-33H2,1-2H3,(H2,47,48,49)/b7-5-,10-9-,13-12-,16-15-,22-19-,30-29+/t34-,35+,36-,37-,38+,41?/m0/s1. The van der Waals surface area contributed by atoms with Gasteiger partial charge in [-0.15, -0.1) is 0 Å². The van der Waals surface area contributed by atoms with Crippen LogP contribution in [0.4, 0.5) is 0 Å². The summed E-state index contributed by atoms with van der Waals surface area (Å²) in [4.78, 5) is 43.0. The van der Waals surface area contributed by atoms with E-state index in [0.29, 0.717) is 32.1 Å². The first-order valence-corrected chi connectivity index (χ1v) is 21.2. The van der Waals surface area contributed by atoms with Crippen LogP contribution in [0.25, 0.3) is 0 Å². The molecule has 1 saturated heterocycles. The molecule has 5 N–H and O–H groups in total. The van der Waals surface area contributed by atoms with Gasteiger partial charge in [0, 0.05) is 25.2 Å². The first kappa shape index (κ1) is 49.3. The Morgan fingerprint density at radius 3 is 2.09 bits per heavy atom. The van der Waals surface area contributed by atoms with Gasteiger partial charge in [0.25, 0.3) is 0 Å². The minimum atomic E-state index is -4.84. The molecule has 1 heterocycles. The Labute approximate surface area is 322 Å². The Morgan fingerprint density at radius 2 is 1.43 bits per heavy atom. The van der Waals surface area contributed by atoms with Crippen LogP contribution >= 0.6 is 7.82 Å². The Balaban J connectivity index is 2.40. The topological polar surface area (TPSA) is 189 Å². The zero-order valence-corrected chi connectivity index (χ0v) is 33.3. The summed E-state index contributed by atoms with van der Waals surface area (Å²) in [5, 5.41) is 30.8. The molecule has 1 fully saturated rings. The Morgan fingerprint density at radius 1 is 0.796 bits per heavy atom. The fraction of sp³-hybridized carbons (Fsp3) is 0.659. The summed E-state index contributed by atoms with van der Waals surface area (Å²) in [5.74, 6) is -1.45. The molecule has 0 bridgehead atoms. The number of carbonyl (C=O) groups is 2. The molecule has 54 heavy (non-hydrogen) atoms. The molecule has 0 amide bonds. The van der Waals surface area contributed by atoms with Crippen LogP contribution in [0.15, 0.2) is 72.9 Å². The highest BCUT2D eigenvalue weighted by molar-refractivity contribution is 7.46. The van der Waals surface area contributed by atoms with E-state index in [1.807, 2.05) is 12.2 Å². The molecule has 1 aliphatic heterocycles. The molecule has 0 spiro atoms. The summed E-state index contributed by atoms with van der Waals surface area (Å²) < 4.78 is 31.9. The van der Waals surface area contributed by atoms with Crippen LogP contribution in [0, 0.1) is 5.92 Å². The average molecular weight is 783 g/mol. The van der Waals surface area contributed by atoms with Gasteiger partial charge in [0.05, 0.1) is 24.9 Å². The summed E-state index contributed by atoms with van der Waals surface area (Å²) in [7, 11) is -4.84. The van der Waals surface area contributed by atoms with Crippen LogP contribution in [0.5, 0.6) is 0 Å². The van der Waals surface area contributed by atoms with Crippen molar-refractivity contribution in [2.75, 3.05) is 13.2 Å². The van der Waals surface area contributed by atoms with E-state index < -0.39 is 63.7 Å². The van der Waals surface area contributed by atoms with Gasteiger partial charge in [0.15, 0.2) is 12.4 Å². The second-order valence-corrected chi connectivity index (χ2v) is 14.6. The normalized spacial score (nSPS) is 21.0. The monoisotopic (exact) mass is 782 g/mol. The lowest BCUT2D eigenvalue weighted by molar-refractivity contribution is -0.199. The van der Waals surface area contributed by atoms with Crippen molar-refractivity contribution >= 4 is 19.8 Å². The minimum absolute atomic E-state index is 0.0598. The van der Waals surface area contributed by atoms with Gasteiger partial charge in [-0.2, -0.15) is 0 Å². The van der Waals surface area contributed by atoms with E-state index in [1.54, 1.807) is 12.2 Å². The molecule has 0 aliphatic carbocycles. The lowest BCUT2D eigenvalue weighted by Gasteiger charge is -2.36. The number of unbranched alkanes of at least 4 members (excludes halogenated alkanes) is 5. The van der Waals surface area contributed by atoms with E-state index in [4.69, 9.17) is 24.0 Å². The van der Waals surface area contributed by atoms with Crippen LogP contribution in [0.3, 0.4) is 0 Å². The van der Waals surface area contributed by atoms with Gasteiger partial charge >= 0.3 is 19.8 Å². The van der Waals surface area contributed by atoms with Crippen molar-refractivity contribution in [3.63, 3.8) is 0 Å². The molecule has 13 heteroatoms. The molecule has 0 aromatic rings. The Kier molecular flexibility index (Phi) is 28.8. The molecule has 1 unspecified atom stereocenters. The molecule has 12 nitrogen and oxygen atoms in total. The zero-order chi connectivity index (χ0) is 39.9. The van der Waals surface area contributed by atoms with Crippen LogP contribution in [0.1, 0.15) is 123 Å². The molecule has 0 saturated carbocycles. The molecule has 308 valence electrons. The third kappa shape index (κ3) is 27.8. The highest BCUT2D eigenvalue weighted by atomic mass is 31.2. The van der Waals surface area contributed by atoms with Gasteiger partial charge in [-0.3, -0.25) is 14.1 Å². The molecular weight excluding hydrogens is 715 g/mol. The third-order valence-corrected chi connectivity index (χ3v) is 8.99. The fourth-order valence-corrected chi connectivity index (χ4v) is 5.88. The number of allylic oxidation sites excluding steroid dienone is 10. The maximum atomic E-state index is 12.4. The number of esters is 2. The van der Waals surface area contributed by atoms with Gasteiger partial charge in [-0.25, -0.2) is 4.57 Å². The summed E-state index contributed by atoms with van der Waals surface area (Å²) in [6.45, 7) is 3.17. The van der Waals surface area contributed by atoms with Gasteiger partial charge in [-0.05, 0) is 70.6 Å². The van der Waals surface area contributed by atoms with E-state index in [9.17, 15) is 29.5 Å². The number of hydrogen-bond acceptors (Lipinski definition) is 10. The SMILES string of the molecule is CC/C=C\C/C=C\C/C=C\C/C=C\CCCCC(=O)O[C@H](COC(=O)CCC/C=C\C[C@H]1[C@@H](O)CC(O)O[C@@H]1/C=C/[C@@H](O)CCCCC)COP(=O)(O)O. The Bertz CT molecular complexity index is 1220. The number of phosphoric acid groups is 1. The van der Waals surface area contributed by atoms with Crippen molar-refractivity contribution in [2.24, 2.45) is 5.92 Å². The molecule has 1 aliphatic rings. The van der Waals surface area contributed by atoms with Crippen molar-refractivity contribution in [3.8, 4) is 0 Å². The van der Waals surface area contributed by atoms with Crippen molar-refractivity contribution in [1.29, 1.82) is 0 Å². The molecular formula is C41H67O12P. The summed E-state index contributed by atoms with van der Waals surface area (Å²) >= 11 is 0. The Hall–Kier alpha value is -2.67. The van der Waals surface area contributed by atoms with Gasteiger partial charge in [0.1, 0.15) is 6.61 Å². The highest BCUT2D eigenvalue weighted by Gasteiger charge is 2.35. The maximum absolute atomic E-state index is 12.4. The van der Waals surface area contributed by atoms with Gasteiger partial charge < -0.3 is 39.3 Å². The number of aliphatic hydroxyl groups is 3. The van der Waals surface area contributed by atoms with E-state index in [0.717, 1.165) is 57.8 Å². The minimum Gasteiger partial charge on any atom is -0.462 e. The molecule has 0 radical (unpaired) electrons. The molecule has 0 aromatic carbocycles. The zero-order valence-electron chi connectivity index (χ0n) is 32.4. The van der Waals surface area contributed by atoms with E-state index in [2.05, 4.69) is 67.0 Å².